The summed E-state index contributed by atoms with van der Waals surface area (Å²) in [7, 11) is -3.07. The zero-order chi connectivity index (χ0) is 20.8. The van der Waals surface area contributed by atoms with Crippen molar-refractivity contribution in [2.75, 3.05) is 16.4 Å². The van der Waals surface area contributed by atoms with E-state index >= 15 is 0 Å². The van der Waals surface area contributed by atoms with Crippen LogP contribution in [-0.4, -0.2) is 42.3 Å². The fourth-order valence-corrected chi connectivity index (χ4v) is 7.91. The standard InChI is InChI=1S/C22H24N2O3S2/c1-14-4-6-17(7-5-14)11-21(25)23-22-24(18-9-15(2)8-16(3)10-18)19-12-29(26,27)13-20(19)28-22/h4-10,19-20H,11-13H2,1-3H3/t19-,20-/m0/s1. The van der Waals surface area contributed by atoms with Crippen molar-refractivity contribution in [2.24, 2.45) is 4.99 Å². The van der Waals surface area contributed by atoms with Gasteiger partial charge in [0.1, 0.15) is 0 Å². The van der Waals surface area contributed by atoms with Gasteiger partial charge >= 0.3 is 0 Å². The van der Waals surface area contributed by atoms with E-state index in [0.29, 0.717) is 5.17 Å². The number of rotatable bonds is 3. The van der Waals surface area contributed by atoms with Crippen molar-refractivity contribution in [1.29, 1.82) is 0 Å². The van der Waals surface area contributed by atoms with E-state index in [4.69, 9.17) is 0 Å². The average Bonchev–Trinajstić information content (AvgIpc) is 3.06. The van der Waals surface area contributed by atoms with Gasteiger partial charge in [-0.15, -0.1) is 0 Å². The summed E-state index contributed by atoms with van der Waals surface area (Å²) in [5.41, 5.74) is 5.17. The lowest BCUT2D eigenvalue weighted by Crippen LogP contribution is -2.37. The number of amides is 1. The van der Waals surface area contributed by atoms with Crippen molar-refractivity contribution >= 4 is 38.4 Å². The minimum atomic E-state index is -3.07. The third kappa shape index (κ3) is 4.41. The van der Waals surface area contributed by atoms with E-state index in [0.717, 1.165) is 27.9 Å². The van der Waals surface area contributed by atoms with Crippen LogP contribution in [0.5, 0.6) is 0 Å². The van der Waals surface area contributed by atoms with E-state index in [2.05, 4.69) is 11.1 Å². The number of aryl methyl sites for hydroxylation is 3. The van der Waals surface area contributed by atoms with Crippen LogP contribution in [0.25, 0.3) is 0 Å². The minimum absolute atomic E-state index is 0.0910. The Labute approximate surface area is 176 Å². The van der Waals surface area contributed by atoms with Crippen LogP contribution in [0.15, 0.2) is 47.5 Å². The zero-order valence-corrected chi connectivity index (χ0v) is 18.4. The second kappa shape index (κ2) is 7.61. The Morgan fingerprint density at radius 2 is 1.69 bits per heavy atom. The number of carbonyl (C=O) groups is 1. The predicted octanol–water partition coefficient (Wildman–Crippen LogP) is 3.46. The van der Waals surface area contributed by atoms with Gasteiger partial charge in [-0.25, -0.2) is 8.42 Å². The largest absolute Gasteiger partial charge is 0.316 e. The van der Waals surface area contributed by atoms with Gasteiger partial charge in [-0.1, -0.05) is 47.7 Å². The van der Waals surface area contributed by atoms with Gasteiger partial charge in [-0.3, -0.25) is 4.79 Å². The monoisotopic (exact) mass is 428 g/mol. The molecular weight excluding hydrogens is 404 g/mol. The maximum Gasteiger partial charge on any atom is 0.252 e. The number of benzene rings is 2. The van der Waals surface area contributed by atoms with E-state index < -0.39 is 9.84 Å². The van der Waals surface area contributed by atoms with Crippen LogP contribution in [-0.2, 0) is 21.1 Å². The highest BCUT2D eigenvalue weighted by Crippen LogP contribution is 2.41. The van der Waals surface area contributed by atoms with Gasteiger partial charge in [-0.2, -0.15) is 4.99 Å². The first kappa shape index (κ1) is 20.2. The molecule has 0 bridgehead atoms. The number of sulfone groups is 1. The molecule has 2 aromatic carbocycles. The number of aliphatic imine (C=N–C) groups is 1. The van der Waals surface area contributed by atoms with E-state index in [-0.39, 0.29) is 35.1 Å². The number of fused-ring (bicyclic) bond motifs is 1. The summed E-state index contributed by atoms with van der Waals surface area (Å²) in [6, 6.07) is 13.8. The smallest absolute Gasteiger partial charge is 0.252 e. The molecule has 0 unspecified atom stereocenters. The molecule has 2 heterocycles. The first-order valence-corrected chi connectivity index (χ1v) is 12.3. The highest BCUT2D eigenvalue weighted by atomic mass is 32.2. The fraction of sp³-hybridized carbons (Fsp3) is 0.364. The van der Waals surface area contributed by atoms with Gasteiger partial charge < -0.3 is 4.90 Å². The lowest BCUT2D eigenvalue weighted by atomic mass is 10.1. The van der Waals surface area contributed by atoms with Gasteiger partial charge in [0.25, 0.3) is 5.91 Å². The fourth-order valence-electron chi connectivity index (χ4n) is 3.98. The summed E-state index contributed by atoms with van der Waals surface area (Å²) in [6.45, 7) is 6.04. The molecule has 1 amide bonds. The third-order valence-corrected chi connectivity index (χ3v) is 8.46. The van der Waals surface area contributed by atoms with E-state index in [9.17, 15) is 13.2 Å². The number of nitrogens with zero attached hydrogens (tertiary/aromatic N) is 2. The Morgan fingerprint density at radius 1 is 1.03 bits per heavy atom. The van der Waals surface area contributed by atoms with E-state index in [1.165, 1.54) is 11.8 Å². The van der Waals surface area contributed by atoms with Gasteiger partial charge in [0.2, 0.25) is 0 Å². The van der Waals surface area contributed by atoms with Crippen molar-refractivity contribution in [3.63, 3.8) is 0 Å². The molecule has 0 saturated carbocycles. The Kier molecular flexibility index (Phi) is 5.29. The molecule has 5 nitrogen and oxygen atoms in total. The molecule has 2 aliphatic rings. The van der Waals surface area contributed by atoms with Crippen molar-refractivity contribution in [1.82, 2.24) is 0 Å². The van der Waals surface area contributed by atoms with E-state index in [1.807, 2.05) is 62.1 Å². The van der Waals surface area contributed by atoms with Crippen LogP contribution in [0.3, 0.4) is 0 Å². The number of hydrogen-bond donors (Lipinski definition) is 0. The normalized spacial score (nSPS) is 24.1. The molecule has 2 saturated heterocycles. The van der Waals surface area contributed by atoms with Crippen molar-refractivity contribution < 1.29 is 13.2 Å². The molecule has 0 aliphatic carbocycles. The quantitative estimate of drug-likeness (QED) is 0.749. The summed E-state index contributed by atoms with van der Waals surface area (Å²) >= 11 is 1.42. The van der Waals surface area contributed by atoms with Crippen molar-refractivity contribution in [3.05, 3.63) is 64.7 Å². The predicted molar refractivity (Wildman–Crippen MR) is 120 cm³/mol. The Hall–Kier alpha value is -2.12. The first-order valence-electron chi connectivity index (χ1n) is 9.62. The number of anilines is 1. The lowest BCUT2D eigenvalue weighted by molar-refractivity contribution is -0.117. The van der Waals surface area contributed by atoms with Crippen LogP contribution in [0.1, 0.15) is 22.3 Å². The summed E-state index contributed by atoms with van der Waals surface area (Å²) < 4.78 is 24.4. The van der Waals surface area contributed by atoms with Gasteiger partial charge in [0, 0.05) is 10.9 Å². The third-order valence-electron chi connectivity index (χ3n) is 5.25. The minimum Gasteiger partial charge on any atom is -0.316 e. The maximum absolute atomic E-state index is 12.7. The summed E-state index contributed by atoms with van der Waals surface area (Å²) in [4.78, 5) is 19.0. The highest BCUT2D eigenvalue weighted by Gasteiger charge is 2.49. The molecule has 0 aromatic heterocycles. The van der Waals surface area contributed by atoms with Crippen LogP contribution >= 0.6 is 11.8 Å². The van der Waals surface area contributed by atoms with E-state index in [1.54, 1.807) is 0 Å². The molecule has 152 valence electrons. The Morgan fingerprint density at radius 3 is 2.34 bits per heavy atom. The van der Waals surface area contributed by atoms with Crippen LogP contribution in [0.2, 0.25) is 0 Å². The van der Waals surface area contributed by atoms with Gasteiger partial charge in [-0.05, 0) is 49.6 Å². The first-order chi connectivity index (χ1) is 13.7. The Bertz CT molecular complexity index is 1070. The van der Waals surface area contributed by atoms with Gasteiger partial charge in [0.15, 0.2) is 15.0 Å². The zero-order valence-electron chi connectivity index (χ0n) is 16.8. The summed E-state index contributed by atoms with van der Waals surface area (Å²) in [6.07, 6.45) is 0.235. The number of hydrogen-bond acceptors (Lipinski definition) is 4. The highest BCUT2D eigenvalue weighted by molar-refractivity contribution is 8.16. The summed E-state index contributed by atoms with van der Waals surface area (Å²) in [5.74, 6) is 0.0195. The molecule has 2 atom stereocenters. The topological polar surface area (TPSA) is 66.8 Å². The molecule has 29 heavy (non-hydrogen) atoms. The molecular formula is C22H24N2O3S2. The van der Waals surface area contributed by atoms with Crippen LogP contribution < -0.4 is 4.90 Å². The Balaban J connectivity index is 1.66. The second-order valence-electron chi connectivity index (χ2n) is 7.97. The maximum atomic E-state index is 12.7. The molecule has 2 fully saturated rings. The van der Waals surface area contributed by atoms with Crippen molar-refractivity contribution in [2.45, 2.75) is 38.5 Å². The average molecular weight is 429 g/mol. The van der Waals surface area contributed by atoms with Crippen LogP contribution in [0.4, 0.5) is 5.69 Å². The van der Waals surface area contributed by atoms with Gasteiger partial charge in [0.05, 0.1) is 24.0 Å². The molecule has 0 spiro atoms. The number of carbonyl (C=O) groups excluding carboxylic acids is 1. The molecule has 0 radical (unpaired) electrons. The second-order valence-corrected chi connectivity index (χ2v) is 11.3. The van der Waals surface area contributed by atoms with Crippen LogP contribution in [0, 0.1) is 20.8 Å². The van der Waals surface area contributed by atoms with Crippen molar-refractivity contribution in [3.8, 4) is 0 Å². The number of thioether (sulfide) groups is 1. The number of amidine groups is 1. The molecule has 0 N–H and O–H groups in total. The molecule has 2 aliphatic heterocycles. The SMILES string of the molecule is Cc1ccc(CC(=O)N=C2S[C@H]3CS(=O)(=O)C[C@@H]3N2c2cc(C)cc(C)c2)cc1. The molecule has 2 aromatic rings. The lowest BCUT2D eigenvalue weighted by Gasteiger charge is -2.25. The molecule has 7 heteroatoms. The molecule has 4 rings (SSSR count). The summed E-state index contributed by atoms with van der Waals surface area (Å²) in [5, 5.41) is 0.517.